The molecule has 0 rings (SSSR count). The molecule has 3 unspecified atom stereocenters. The molecular weight excluding hydrogens is 374 g/mol. The van der Waals surface area contributed by atoms with Crippen molar-refractivity contribution in [2.75, 3.05) is 0 Å². The zero-order valence-electron chi connectivity index (χ0n) is 21.0. The number of nitrogens with one attached hydrogen (secondary N) is 2. The van der Waals surface area contributed by atoms with Crippen molar-refractivity contribution in [2.45, 2.75) is 155 Å². The van der Waals surface area contributed by atoms with Gasteiger partial charge in [0.25, 0.3) is 0 Å². The van der Waals surface area contributed by atoms with Crippen LogP contribution in [0.2, 0.25) is 0 Å². The van der Waals surface area contributed by atoms with Crippen LogP contribution < -0.4 is 16.4 Å². The Balaban J connectivity index is 4.05. The van der Waals surface area contributed by atoms with Crippen molar-refractivity contribution in [3.63, 3.8) is 0 Å². The van der Waals surface area contributed by atoms with E-state index >= 15 is 0 Å². The molecule has 5 nitrogen and oxygen atoms in total. The van der Waals surface area contributed by atoms with E-state index < -0.39 is 18.4 Å². The van der Waals surface area contributed by atoms with Gasteiger partial charge in [-0.25, -0.2) is 0 Å². The van der Waals surface area contributed by atoms with Crippen molar-refractivity contribution in [1.29, 1.82) is 0 Å². The number of unbranched alkanes of at least 4 members (excludes halogenated alkanes) is 10. The highest BCUT2D eigenvalue weighted by Gasteiger charge is 2.29. The van der Waals surface area contributed by atoms with E-state index in [4.69, 9.17) is 5.73 Å². The van der Waals surface area contributed by atoms with E-state index in [-0.39, 0.29) is 18.1 Å². The molecule has 0 aliphatic rings. The summed E-state index contributed by atoms with van der Waals surface area (Å²) in [6.07, 6.45) is 14.4. The van der Waals surface area contributed by atoms with Crippen LogP contribution in [0.4, 0.5) is 0 Å². The van der Waals surface area contributed by atoms with Crippen molar-refractivity contribution in [1.82, 2.24) is 10.6 Å². The lowest BCUT2D eigenvalue weighted by molar-refractivity contribution is 0.0100. The van der Waals surface area contributed by atoms with Gasteiger partial charge in [0, 0.05) is 18.1 Å². The molecule has 5 heteroatoms. The molecule has 0 spiro atoms. The first kappa shape index (κ1) is 29.8. The minimum absolute atomic E-state index is 0.00463. The summed E-state index contributed by atoms with van der Waals surface area (Å²) >= 11 is 0. The molecule has 0 bridgehead atoms. The normalized spacial score (nSPS) is 18.2. The molecule has 0 aliphatic heterocycles. The maximum atomic E-state index is 10.7. The fourth-order valence-corrected chi connectivity index (χ4v) is 4.27. The van der Waals surface area contributed by atoms with Crippen LogP contribution in [0.15, 0.2) is 0 Å². The van der Waals surface area contributed by atoms with Gasteiger partial charge in [0.1, 0.15) is 6.23 Å². The van der Waals surface area contributed by atoms with Crippen molar-refractivity contribution in [3.8, 4) is 0 Å². The summed E-state index contributed by atoms with van der Waals surface area (Å²) in [7, 11) is 0. The first-order valence-electron chi connectivity index (χ1n) is 12.8. The lowest BCUT2D eigenvalue weighted by atomic mass is 9.97. The molecular formula is C25H55N3O2. The van der Waals surface area contributed by atoms with Gasteiger partial charge in [-0.05, 0) is 33.1 Å². The molecule has 0 aliphatic carbocycles. The molecule has 0 aromatic carbocycles. The molecule has 30 heavy (non-hydrogen) atoms. The Morgan fingerprint density at radius 1 is 0.667 bits per heavy atom. The fraction of sp³-hybridized carbons (Fsp3) is 1.00. The smallest absolute Gasteiger partial charge is 0.123 e. The average Bonchev–Trinajstić information content (AvgIpc) is 2.67. The predicted octanol–water partition coefficient (Wildman–Crippen LogP) is 4.69. The number of rotatable bonds is 20. The predicted molar refractivity (Wildman–Crippen MR) is 131 cm³/mol. The van der Waals surface area contributed by atoms with Gasteiger partial charge in [0.15, 0.2) is 0 Å². The van der Waals surface area contributed by atoms with Crippen molar-refractivity contribution < 1.29 is 10.2 Å². The van der Waals surface area contributed by atoms with E-state index in [0.29, 0.717) is 5.92 Å². The number of nitrogens with two attached hydrogens (primary N) is 1. The summed E-state index contributed by atoms with van der Waals surface area (Å²) in [5.74, 6) is 0.308. The van der Waals surface area contributed by atoms with Crippen LogP contribution in [0.5, 0.6) is 0 Å². The van der Waals surface area contributed by atoms with Crippen molar-refractivity contribution in [3.05, 3.63) is 0 Å². The van der Waals surface area contributed by atoms with Crippen molar-refractivity contribution in [2.24, 2.45) is 11.7 Å². The van der Waals surface area contributed by atoms with Gasteiger partial charge in [-0.2, -0.15) is 0 Å². The van der Waals surface area contributed by atoms with Crippen LogP contribution in [0.1, 0.15) is 119 Å². The van der Waals surface area contributed by atoms with E-state index in [1.165, 1.54) is 70.6 Å². The summed E-state index contributed by atoms with van der Waals surface area (Å²) in [6.45, 7) is 12.3. The Kier molecular flexibility index (Phi) is 18.3. The van der Waals surface area contributed by atoms with Gasteiger partial charge in [0.2, 0.25) is 0 Å². The van der Waals surface area contributed by atoms with E-state index in [1.54, 1.807) is 6.92 Å². The van der Waals surface area contributed by atoms with Gasteiger partial charge >= 0.3 is 0 Å². The van der Waals surface area contributed by atoms with Crippen LogP contribution in [0.3, 0.4) is 0 Å². The largest absolute Gasteiger partial charge is 0.392 e. The summed E-state index contributed by atoms with van der Waals surface area (Å²) in [5.41, 5.74) is 6.06. The molecule has 182 valence electrons. The van der Waals surface area contributed by atoms with Crippen LogP contribution >= 0.6 is 0 Å². The summed E-state index contributed by atoms with van der Waals surface area (Å²) in [6, 6.07) is -0.215. The van der Waals surface area contributed by atoms with Crippen LogP contribution in [-0.4, -0.2) is 46.7 Å². The van der Waals surface area contributed by atoms with E-state index in [1.807, 2.05) is 6.92 Å². The Bertz CT molecular complexity index is 369. The maximum Gasteiger partial charge on any atom is 0.123 e. The molecule has 0 aromatic heterocycles. The quantitative estimate of drug-likeness (QED) is 0.143. The van der Waals surface area contributed by atoms with E-state index in [9.17, 15) is 10.2 Å². The third kappa shape index (κ3) is 14.7. The Morgan fingerprint density at radius 3 is 1.53 bits per heavy atom. The van der Waals surface area contributed by atoms with Gasteiger partial charge < -0.3 is 21.3 Å². The molecule has 0 heterocycles. The second-order valence-corrected chi connectivity index (χ2v) is 9.90. The molecule has 0 aromatic rings. The first-order valence-corrected chi connectivity index (χ1v) is 12.8. The lowest BCUT2D eigenvalue weighted by Crippen LogP contribution is -2.61. The zero-order chi connectivity index (χ0) is 22.9. The fourth-order valence-electron chi connectivity index (χ4n) is 4.27. The number of aliphatic hydroxyl groups is 2. The summed E-state index contributed by atoms with van der Waals surface area (Å²) in [4.78, 5) is 0. The summed E-state index contributed by atoms with van der Waals surface area (Å²) < 4.78 is 0. The van der Waals surface area contributed by atoms with Crippen molar-refractivity contribution >= 4 is 0 Å². The SMILES string of the molecule is CCCCCCCCCCCCCC(C)N[C@H](C(O)N[C@@H](C(C)C)C(C)N)[C@@H](C)O. The highest BCUT2D eigenvalue weighted by atomic mass is 16.3. The number of hydrogen-bond donors (Lipinski definition) is 5. The molecule has 0 saturated carbocycles. The average molecular weight is 430 g/mol. The molecule has 0 fully saturated rings. The highest BCUT2D eigenvalue weighted by Crippen LogP contribution is 2.14. The first-order chi connectivity index (χ1) is 14.2. The molecule has 0 amide bonds. The third-order valence-electron chi connectivity index (χ3n) is 6.23. The molecule has 0 radical (unpaired) electrons. The number of hydrogen-bond acceptors (Lipinski definition) is 5. The lowest BCUT2D eigenvalue weighted by Gasteiger charge is -2.35. The van der Waals surface area contributed by atoms with E-state index in [0.717, 1.165) is 6.42 Å². The second kappa shape index (κ2) is 18.4. The maximum absolute atomic E-state index is 10.7. The monoisotopic (exact) mass is 429 g/mol. The Morgan fingerprint density at radius 2 is 1.13 bits per heavy atom. The second-order valence-electron chi connectivity index (χ2n) is 9.90. The Hall–Kier alpha value is -0.200. The van der Waals surface area contributed by atoms with Crippen LogP contribution in [0, 0.1) is 5.92 Å². The molecule has 6 N–H and O–H groups in total. The molecule has 0 saturated heterocycles. The number of aliphatic hydroxyl groups excluding tert-OH is 2. The van der Waals surface area contributed by atoms with Gasteiger partial charge in [-0.15, -0.1) is 0 Å². The van der Waals surface area contributed by atoms with Gasteiger partial charge in [0.05, 0.1) is 12.1 Å². The third-order valence-corrected chi connectivity index (χ3v) is 6.23. The van der Waals surface area contributed by atoms with Gasteiger partial charge in [-0.3, -0.25) is 5.32 Å². The minimum Gasteiger partial charge on any atom is -0.392 e. The van der Waals surface area contributed by atoms with Gasteiger partial charge in [-0.1, -0.05) is 91.4 Å². The highest BCUT2D eigenvalue weighted by molar-refractivity contribution is 4.87. The van der Waals surface area contributed by atoms with E-state index in [2.05, 4.69) is 38.3 Å². The Labute approximate surface area is 188 Å². The zero-order valence-corrected chi connectivity index (χ0v) is 21.0. The van der Waals surface area contributed by atoms with Crippen LogP contribution in [-0.2, 0) is 0 Å². The minimum atomic E-state index is -0.830. The summed E-state index contributed by atoms with van der Waals surface area (Å²) in [5, 5.41) is 27.5. The molecule has 6 atom stereocenters. The standard InChI is InChI=1S/C25H55N3O2/c1-7-8-9-10-11-12-13-14-15-16-17-18-20(4)27-24(22(6)29)25(30)28-23(19(2)3)21(5)26/h19-25,27-30H,7-18,26H2,1-6H3/t20?,21?,22-,23+,24+,25?/m1/s1. The van der Waals surface area contributed by atoms with Crippen LogP contribution in [0.25, 0.3) is 0 Å². The topological polar surface area (TPSA) is 90.5 Å².